The van der Waals surface area contributed by atoms with Gasteiger partial charge in [-0.05, 0) is 30.6 Å². The van der Waals surface area contributed by atoms with Crippen LogP contribution >= 0.6 is 11.8 Å². The maximum absolute atomic E-state index is 11.6. The van der Waals surface area contributed by atoms with Crippen LogP contribution in [0.4, 0.5) is 0 Å². The Hall–Kier alpha value is -1.04. The molecule has 114 valence electrons. The molecule has 1 aromatic rings. The van der Waals surface area contributed by atoms with Gasteiger partial charge in [-0.15, -0.1) is 0 Å². The average molecular weight is 307 g/mol. The lowest BCUT2D eigenvalue weighted by Gasteiger charge is -2.39. The number of rotatable bonds is 4. The zero-order valence-electron chi connectivity index (χ0n) is 12.0. The lowest BCUT2D eigenvalue weighted by atomic mass is 9.89. The molecule has 3 unspecified atom stereocenters. The van der Waals surface area contributed by atoms with Crippen LogP contribution in [0.3, 0.4) is 0 Å². The molecule has 2 heterocycles. The van der Waals surface area contributed by atoms with Crippen LogP contribution in [-0.4, -0.2) is 40.8 Å². The van der Waals surface area contributed by atoms with Gasteiger partial charge in [0.15, 0.2) is 0 Å². The summed E-state index contributed by atoms with van der Waals surface area (Å²) in [7, 11) is 0. The summed E-state index contributed by atoms with van der Waals surface area (Å²) in [5.41, 5.74) is 0.784. The second-order valence-electron chi connectivity index (χ2n) is 5.87. The summed E-state index contributed by atoms with van der Waals surface area (Å²) < 4.78 is 6.00. The average Bonchev–Trinajstić information content (AvgIpc) is 2.93. The topological polar surface area (TPSA) is 58.6 Å². The molecule has 1 spiro atoms. The van der Waals surface area contributed by atoms with Gasteiger partial charge < -0.3 is 9.84 Å². The fourth-order valence-corrected chi connectivity index (χ4v) is 4.60. The number of benzene rings is 1. The number of hydrogen-bond acceptors (Lipinski definition) is 4. The Morgan fingerprint density at radius 1 is 1.43 bits per heavy atom. The van der Waals surface area contributed by atoms with E-state index < -0.39 is 12.0 Å². The van der Waals surface area contributed by atoms with Gasteiger partial charge in [0.25, 0.3) is 0 Å². The van der Waals surface area contributed by atoms with E-state index in [1.807, 2.05) is 42.1 Å². The summed E-state index contributed by atoms with van der Waals surface area (Å²) in [5, 5.41) is 12.9. The van der Waals surface area contributed by atoms with E-state index in [0.29, 0.717) is 0 Å². The molecule has 0 radical (unpaired) electrons. The van der Waals surface area contributed by atoms with Crippen molar-refractivity contribution in [3.8, 4) is 0 Å². The molecular weight excluding hydrogens is 286 g/mol. The monoisotopic (exact) mass is 307 g/mol. The van der Waals surface area contributed by atoms with Crippen LogP contribution in [0.2, 0.25) is 0 Å². The zero-order valence-corrected chi connectivity index (χ0v) is 12.8. The Morgan fingerprint density at radius 2 is 2.24 bits per heavy atom. The van der Waals surface area contributed by atoms with Gasteiger partial charge in [0, 0.05) is 18.4 Å². The Labute approximate surface area is 129 Å². The molecular formula is C16H21NO3S. The van der Waals surface area contributed by atoms with Gasteiger partial charge in [-0.2, -0.15) is 11.8 Å². The summed E-state index contributed by atoms with van der Waals surface area (Å²) in [4.78, 5) is 11.6. The highest BCUT2D eigenvalue weighted by Crippen LogP contribution is 2.38. The second kappa shape index (κ2) is 6.38. The van der Waals surface area contributed by atoms with Crippen LogP contribution in [0.1, 0.15) is 30.9 Å². The molecule has 4 nitrogen and oxygen atoms in total. The number of hydrogen-bond donors (Lipinski definition) is 2. The molecule has 3 rings (SSSR count). The Balaban J connectivity index is 1.70. The Kier molecular flexibility index (Phi) is 4.52. The van der Waals surface area contributed by atoms with Crippen molar-refractivity contribution in [1.29, 1.82) is 0 Å². The van der Waals surface area contributed by atoms with E-state index in [-0.39, 0.29) is 11.6 Å². The second-order valence-corrected chi connectivity index (χ2v) is 6.98. The Bertz CT molecular complexity index is 488. The first-order valence-corrected chi connectivity index (χ1v) is 8.60. The fraction of sp³-hybridized carbons (Fsp3) is 0.562. The van der Waals surface area contributed by atoms with Gasteiger partial charge in [0.2, 0.25) is 0 Å². The molecule has 21 heavy (non-hydrogen) atoms. The maximum atomic E-state index is 11.6. The molecule has 2 aliphatic heterocycles. The molecule has 2 aliphatic rings. The third kappa shape index (κ3) is 3.42. The summed E-state index contributed by atoms with van der Waals surface area (Å²) in [5.74, 6) is 1.37. The molecule has 0 aliphatic carbocycles. The number of carbonyl (C=O) groups is 1. The van der Waals surface area contributed by atoms with E-state index in [9.17, 15) is 9.90 Å². The van der Waals surface area contributed by atoms with E-state index in [4.69, 9.17) is 4.74 Å². The van der Waals surface area contributed by atoms with Crippen molar-refractivity contribution in [3.05, 3.63) is 35.9 Å². The predicted octanol–water partition coefficient (Wildman–Crippen LogP) is 2.46. The lowest BCUT2D eigenvalue weighted by Crippen LogP contribution is -2.49. The van der Waals surface area contributed by atoms with Crippen LogP contribution in [0.15, 0.2) is 30.3 Å². The molecule has 0 aromatic heterocycles. The first-order valence-electron chi connectivity index (χ1n) is 7.44. The van der Waals surface area contributed by atoms with Crippen molar-refractivity contribution in [2.75, 3.05) is 18.1 Å². The quantitative estimate of drug-likeness (QED) is 0.895. The summed E-state index contributed by atoms with van der Waals surface area (Å²) >= 11 is 1.93. The van der Waals surface area contributed by atoms with Gasteiger partial charge in [-0.25, -0.2) is 0 Å². The van der Waals surface area contributed by atoms with Crippen LogP contribution < -0.4 is 5.32 Å². The zero-order chi connectivity index (χ0) is 14.7. The number of carboxylic acid groups (broad SMARTS) is 1. The molecule has 2 fully saturated rings. The highest BCUT2D eigenvalue weighted by molar-refractivity contribution is 7.99. The fourth-order valence-electron chi connectivity index (χ4n) is 3.22. The maximum Gasteiger partial charge on any atom is 0.325 e. The third-order valence-electron chi connectivity index (χ3n) is 4.34. The highest BCUT2D eigenvalue weighted by Gasteiger charge is 2.41. The van der Waals surface area contributed by atoms with E-state index >= 15 is 0 Å². The van der Waals surface area contributed by atoms with Crippen molar-refractivity contribution in [1.82, 2.24) is 5.32 Å². The van der Waals surface area contributed by atoms with Crippen molar-refractivity contribution in [3.63, 3.8) is 0 Å². The summed E-state index contributed by atoms with van der Waals surface area (Å²) in [6, 6.07) is 8.97. The standard InChI is InChI=1S/C16H21NO3S/c18-15(19)14(12-4-2-1-3-5-12)17-13-6-8-20-16(10-13)7-9-21-11-16/h1-5,13-14,17H,6-11H2,(H,18,19). The van der Waals surface area contributed by atoms with Crippen LogP contribution in [0, 0.1) is 0 Å². The molecule has 0 saturated carbocycles. The smallest absolute Gasteiger partial charge is 0.325 e. The third-order valence-corrected chi connectivity index (χ3v) is 5.57. The van der Waals surface area contributed by atoms with Crippen molar-refractivity contribution in [2.24, 2.45) is 0 Å². The van der Waals surface area contributed by atoms with E-state index in [0.717, 1.165) is 42.9 Å². The number of ether oxygens (including phenoxy) is 1. The molecule has 0 amide bonds. The summed E-state index contributed by atoms with van der Waals surface area (Å²) in [6.45, 7) is 0.722. The van der Waals surface area contributed by atoms with Crippen molar-refractivity contribution in [2.45, 2.75) is 36.9 Å². The Morgan fingerprint density at radius 3 is 2.90 bits per heavy atom. The van der Waals surface area contributed by atoms with E-state index in [1.165, 1.54) is 0 Å². The number of nitrogens with one attached hydrogen (secondary N) is 1. The minimum absolute atomic E-state index is 0.0275. The van der Waals surface area contributed by atoms with E-state index in [1.54, 1.807) is 0 Å². The first kappa shape index (κ1) is 14.9. The minimum atomic E-state index is -0.817. The van der Waals surface area contributed by atoms with Crippen molar-refractivity contribution >= 4 is 17.7 Å². The van der Waals surface area contributed by atoms with Gasteiger partial charge in [0.05, 0.1) is 5.60 Å². The first-order chi connectivity index (χ1) is 10.2. The van der Waals surface area contributed by atoms with Crippen LogP contribution in [-0.2, 0) is 9.53 Å². The molecule has 2 saturated heterocycles. The molecule has 2 N–H and O–H groups in total. The van der Waals surface area contributed by atoms with Gasteiger partial charge in [-0.3, -0.25) is 10.1 Å². The number of aliphatic carboxylic acids is 1. The largest absolute Gasteiger partial charge is 0.480 e. The van der Waals surface area contributed by atoms with Gasteiger partial charge >= 0.3 is 5.97 Å². The van der Waals surface area contributed by atoms with E-state index in [2.05, 4.69) is 5.32 Å². The van der Waals surface area contributed by atoms with Crippen LogP contribution in [0.25, 0.3) is 0 Å². The number of thioether (sulfide) groups is 1. The molecule has 1 aromatic carbocycles. The summed E-state index contributed by atoms with van der Waals surface area (Å²) in [6.07, 6.45) is 2.87. The SMILES string of the molecule is O=C(O)C(NC1CCOC2(CCSC2)C1)c1ccccc1. The molecule has 3 atom stereocenters. The predicted molar refractivity (Wildman–Crippen MR) is 83.6 cm³/mol. The van der Waals surface area contributed by atoms with Crippen LogP contribution in [0.5, 0.6) is 0 Å². The lowest BCUT2D eigenvalue weighted by molar-refractivity contribution is -0.140. The van der Waals surface area contributed by atoms with Gasteiger partial charge in [-0.1, -0.05) is 30.3 Å². The normalized spacial score (nSPS) is 30.4. The molecule has 5 heteroatoms. The minimum Gasteiger partial charge on any atom is -0.480 e. The number of carboxylic acids is 1. The molecule has 0 bridgehead atoms. The van der Waals surface area contributed by atoms with Gasteiger partial charge in [0.1, 0.15) is 6.04 Å². The van der Waals surface area contributed by atoms with Crippen molar-refractivity contribution < 1.29 is 14.6 Å². The highest BCUT2D eigenvalue weighted by atomic mass is 32.2.